The molecule has 7 nitrogen and oxygen atoms in total. The zero-order chi connectivity index (χ0) is 22.0. The Kier molecular flexibility index (Phi) is 5.64. The van der Waals surface area contributed by atoms with Gasteiger partial charge in [-0.15, -0.1) is 11.3 Å². The maximum Gasteiger partial charge on any atom is 0.262 e. The first-order chi connectivity index (χ1) is 15.0. The Morgan fingerprint density at radius 3 is 2.35 bits per heavy atom. The number of amides is 2. The molecular formula is C23H20N4O3S. The summed E-state index contributed by atoms with van der Waals surface area (Å²) in [6, 6.07) is 17.2. The van der Waals surface area contributed by atoms with Crippen LogP contribution in [0.2, 0.25) is 0 Å². The molecule has 4 aromatic rings. The van der Waals surface area contributed by atoms with Crippen LogP contribution in [-0.2, 0) is 11.8 Å². The summed E-state index contributed by atoms with van der Waals surface area (Å²) < 4.78 is 1.38. The zero-order valence-electron chi connectivity index (χ0n) is 17.0. The van der Waals surface area contributed by atoms with Crippen molar-refractivity contribution in [2.45, 2.75) is 13.0 Å². The van der Waals surface area contributed by atoms with Crippen LogP contribution in [0.15, 0.2) is 71.8 Å². The third-order valence-electron chi connectivity index (χ3n) is 4.93. The van der Waals surface area contributed by atoms with Crippen LogP contribution < -0.4 is 16.2 Å². The van der Waals surface area contributed by atoms with Crippen molar-refractivity contribution in [3.63, 3.8) is 0 Å². The molecule has 4 rings (SSSR count). The standard InChI is InChI=1S/C23H20N4O3S/c1-14-17-22(24-13-27(2)23(17)30)31-19(14)21(29)26-18(15-9-5-3-6-10-15)20(28)25-16-11-7-4-8-12-16/h3-13,18H,1-2H3,(H,25,28)(H,26,29). The number of benzene rings is 2. The van der Waals surface area contributed by atoms with Gasteiger partial charge in [0.2, 0.25) is 0 Å². The summed E-state index contributed by atoms with van der Waals surface area (Å²) in [5.41, 5.74) is 1.63. The van der Waals surface area contributed by atoms with Crippen molar-refractivity contribution in [2.24, 2.45) is 7.05 Å². The highest BCUT2D eigenvalue weighted by Gasteiger charge is 2.26. The Bertz CT molecular complexity index is 1310. The fourth-order valence-electron chi connectivity index (χ4n) is 3.30. The molecule has 31 heavy (non-hydrogen) atoms. The molecule has 2 aromatic carbocycles. The molecule has 8 heteroatoms. The molecule has 1 atom stereocenters. The molecule has 0 fully saturated rings. The maximum atomic E-state index is 13.2. The van der Waals surface area contributed by atoms with E-state index in [1.807, 2.05) is 36.4 Å². The molecule has 0 saturated carbocycles. The van der Waals surface area contributed by atoms with Crippen LogP contribution in [0.5, 0.6) is 0 Å². The number of hydrogen-bond acceptors (Lipinski definition) is 5. The molecule has 2 heterocycles. The van der Waals surface area contributed by atoms with Gasteiger partial charge >= 0.3 is 0 Å². The van der Waals surface area contributed by atoms with E-state index in [1.54, 1.807) is 38.2 Å². The van der Waals surface area contributed by atoms with Crippen LogP contribution in [0.25, 0.3) is 10.2 Å². The van der Waals surface area contributed by atoms with E-state index in [0.717, 1.165) is 11.3 Å². The second-order valence-electron chi connectivity index (χ2n) is 7.07. The first-order valence-corrected chi connectivity index (χ1v) is 10.4. The van der Waals surface area contributed by atoms with Crippen molar-refractivity contribution in [1.29, 1.82) is 0 Å². The van der Waals surface area contributed by atoms with E-state index >= 15 is 0 Å². The fourth-order valence-corrected chi connectivity index (χ4v) is 4.35. The van der Waals surface area contributed by atoms with E-state index < -0.39 is 11.9 Å². The van der Waals surface area contributed by atoms with Crippen LogP contribution >= 0.6 is 11.3 Å². The molecule has 0 aliphatic carbocycles. The second kappa shape index (κ2) is 8.53. The molecule has 0 saturated heterocycles. The summed E-state index contributed by atoms with van der Waals surface area (Å²) in [6.45, 7) is 1.72. The number of carbonyl (C=O) groups excluding carboxylic acids is 2. The van der Waals surface area contributed by atoms with Crippen molar-refractivity contribution in [1.82, 2.24) is 14.9 Å². The molecule has 156 valence electrons. The van der Waals surface area contributed by atoms with Gasteiger partial charge in [-0.1, -0.05) is 48.5 Å². The number of para-hydroxylation sites is 1. The van der Waals surface area contributed by atoms with E-state index in [1.165, 1.54) is 10.9 Å². The van der Waals surface area contributed by atoms with Crippen molar-refractivity contribution in [3.8, 4) is 0 Å². The lowest BCUT2D eigenvalue weighted by Gasteiger charge is -2.19. The minimum Gasteiger partial charge on any atom is -0.336 e. The Morgan fingerprint density at radius 2 is 1.68 bits per heavy atom. The van der Waals surface area contributed by atoms with Crippen molar-refractivity contribution >= 4 is 39.1 Å². The molecule has 0 bridgehead atoms. The number of aryl methyl sites for hydroxylation is 2. The van der Waals surface area contributed by atoms with E-state index in [4.69, 9.17) is 0 Å². The predicted octanol–water partition coefficient (Wildman–Crippen LogP) is 3.41. The molecule has 2 aromatic heterocycles. The molecule has 0 radical (unpaired) electrons. The molecular weight excluding hydrogens is 412 g/mol. The van der Waals surface area contributed by atoms with Gasteiger partial charge in [0.1, 0.15) is 10.9 Å². The summed E-state index contributed by atoms with van der Waals surface area (Å²) >= 11 is 1.14. The minimum atomic E-state index is -0.908. The smallest absolute Gasteiger partial charge is 0.262 e. The summed E-state index contributed by atoms with van der Waals surface area (Å²) in [7, 11) is 1.62. The number of anilines is 1. The number of carbonyl (C=O) groups is 2. The SMILES string of the molecule is Cc1c(C(=O)NC(C(=O)Nc2ccccc2)c2ccccc2)sc2ncn(C)c(=O)c12. The van der Waals surface area contributed by atoms with Gasteiger partial charge in [0.25, 0.3) is 17.4 Å². The lowest BCUT2D eigenvalue weighted by molar-refractivity contribution is -0.118. The van der Waals surface area contributed by atoms with Crippen molar-refractivity contribution in [3.05, 3.63) is 93.3 Å². The number of thiophene rings is 1. The third kappa shape index (κ3) is 4.10. The highest BCUT2D eigenvalue weighted by atomic mass is 32.1. The fraction of sp³-hybridized carbons (Fsp3) is 0.130. The highest BCUT2D eigenvalue weighted by molar-refractivity contribution is 7.20. The van der Waals surface area contributed by atoms with Crippen LogP contribution in [0.3, 0.4) is 0 Å². The number of nitrogens with one attached hydrogen (secondary N) is 2. The zero-order valence-corrected chi connectivity index (χ0v) is 17.8. The van der Waals surface area contributed by atoms with Gasteiger partial charge in [-0.25, -0.2) is 4.98 Å². The van der Waals surface area contributed by atoms with Gasteiger partial charge in [0.05, 0.1) is 16.6 Å². The Hall–Kier alpha value is -3.78. The van der Waals surface area contributed by atoms with Crippen LogP contribution in [0.4, 0.5) is 5.69 Å². The average molecular weight is 433 g/mol. The second-order valence-corrected chi connectivity index (χ2v) is 8.07. The van der Waals surface area contributed by atoms with Gasteiger partial charge in [-0.3, -0.25) is 14.4 Å². The summed E-state index contributed by atoms with van der Waals surface area (Å²) in [5.74, 6) is -0.793. The molecule has 0 aliphatic rings. The van der Waals surface area contributed by atoms with Crippen LogP contribution in [0, 0.1) is 6.92 Å². The topological polar surface area (TPSA) is 93.1 Å². The number of hydrogen-bond donors (Lipinski definition) is 2. The van der Waals surface area contributed by atoms with E-state index in [0.29, 0.717) is 31.9 Å². The van der Waals surface area contributed by atoms with Crippen LogP contribution in [0.1, 0.15) is 26.8 Å². The molecule has 0 spiro atoms. The summed E-state index contributed by atoms with van der Waals surface area (Å²) in [6.07, 6.45) is 1.43. The number of rotatable bonds is 5. The number of nitrogens with zero attached hydrogens (tertiary/aromatic N) is 2. The molecule has 2 N–H and O–H groups in total. The first-order valence-electron chi connectivity index (χ1n) is 9.62. The average Bonchev–Trinajstić information content (AvgIpc) is 3.13. The highest BCUT2D eigenvalue weighted by Crippen LogP contribution is 2.27. The lowest BCUT2D eigenvalue weighted by atomic mass is 10.1. The van der Waals surface area contributed by atoms with E-state index in [-0.39, 0.29) is 11.5 Å². The minimum absolute atomic E-state index is 0.209. The summed E-state index contributed by atoms with van der Waals surface area (Å²) in [4.78, 5) is 43.8. The van der Waals surface area contributed by atoms with Gasteiger partial charge in [0.15, 0.2) is 0 Å². The number of aromatic nitrogens is 2. The number of fused-ring (bicyclic) bond motifs is 1. The van der Waals surface area contributed by atoms with Gasteiger partial charge < -0.3 is 15.2 Å². The van der Waals surface area contributed by atoms with E-state index in [2.05, 4.69) is 15.6 Å². The largest absolute Gasteiger partial charge is 0.336 e. The lowest BCUT2D eigenvalue weighted by Crippen LogP contribution is -2.37. The molecule has 2 amide bonds. The summed E-state index contributed by atoms with van der Waals surface area (Å²) in [5, 5.41) is 6.09. The Balaban J connectivity index is 1.67. The normalized spacial score (nSPS) is 11.8. The Labute approximate surface area is 182 Å². The van der Waals surface area contributed by atoms with Gasteiger partial charge in [-0.05, 0) is 30.2 Å². The quantitative estimate of drug-likeness (QED) is 0.505. The van der Waals surface area contributed by atoms with Gasteiger partial charge in [0, 0.05) is 12.7 Å². The maximum absolute atomic E-state index is 13.2. The van der Waals surface area contributed by atoms with E-state index in [9.17, 15) is 14.4 Å². The third-order valence-corrected chi connectivity index (χ3v) is 6.13. The van der Waals surface area contributed by atoms with Crippen LogP contribution in [-0.4, -0.2) is 21.4 Å². The first kappa shape index (κ1) is 20.5. The Morgan fingerprint density at radius 1 is 1.03 bits per heavy atom. The molecule has 1 unspecified atom stereocenters. The molecule has 0 aliphatic heterocycles. The van der Waals surface area contributed by atoms with Gasteiger partial charge in [-0.2, -0.15) is 0 Å². The van der Waals surface area contributed by atoms with Crippen molar-refractivity contribution in [2.75, 3.05) is 5.32 Å². The predicted molar refractivity (Wildman–Crippen MR) is 121 cm³/mol. The monoisotopic (exact) mass is 432 g/mol. The van der Waals surface area contributed by atoms with Crippen molar-refractivity contribution < 1.29 is 9.59 Å².